The van der Waals surface area contributed by atoms with E-state index in [1.807, 2.05) is 123 Å². The van der Waals surface area contributed by atoms with Crippen molar-refractivity contribution in [1.82, 2.24) is 21.3 Å². The fraction of sp³-hybridized carbons (Fsp3) is 0.875. The Balaban J connectivity index is 1.97. The molecule has 340 valence electrons. The van der Waals surface area contributed by atoms with Gasteiger partial charge in [-0.1, -0.05) is 12.2 Å². The second-order valence-corrected chi connectivity index (χ2v) is 26.0. The molecule has 0 radical (unpaired) electrons. The number of carboxylic acid groups (broad SMARTS) is 4. The van der Waals surface area contributed by atoms with Gasteiger partial charge < -0.3 is 41.7 Å². The summed E-state index contributed by atoms with van der Waals surface area (Å²) in [6.07, 6.45) is 6.02. The number of hydrogen-bond donors (Lipinski definition) is 8. The van der Waals surface area contributed by atoms with Crippen molar-refractivity contribution in [3.63, 3.8) is 0 Å². The lowest BCUT2D eigenvalue weighted by Crippen LogP contribution is -2.87. The number of piperidine rings is 4. The average Bonchev–Trinajstić information content (AvgIpc) is 2.97. The molecule has 7 rings (SSSR count). The highest BCUT2D eigenvalue weighted by Gasteiger charge is 2.92. The number of aliphatic carboxylic acids is 4. The molecule has 6 atom stereocenters. The third kappa shape index (κ3) is 6.81. The standard InChI is InChI=1S/C48H80N4O8/c1-37(2)19-27(20-38(3,4)49-37)45-17-18-46(32(34(55)56)31(45)33(53)54,28-21-39(5,6)50-40(7,8)22-28)48(36(59)60,30-25-43(13,14)52-44(15,16)26-30)47(45,35(57)58)29-23-41(9,10)51-42(11,12)24-29/h17-18,27-32,49-52H,19-26H2,1-16H3,(H,53,54)(H,55,56)(H,57,58)(H,59,60). The van der Waals surface area contributed by atoms with E-state index in [9.17, 15) is 30.0 Å². The molecule has 12 heteroatoms. The van der Waals surface area contributed by atoms with Crippen molar-refractivity contribution < 1.29 is 39.6 Å². The van der Waals surface area contributed by atoms with Crippen LogP contribution in [0.2, 0.25) is 0 Å². The van der Waals surface area contributed by atoms with Crippen molar-refractivity contribution in [2.45, 2.75) is 206 Å². The van der Waals surface area contributed by atoms with Crippen LogP contribution in [0.5, 0.6) is 0 Å². The number of hydrogen-bond acceptors (Lipinski definition) is 8. The molecule has 12 nitrogen and oxygen atoms in total. The van der Waals surface area contributed by atoms with Gasteiger partial charge in [-0.3, -0.25) is 19.2 Å². The van der Waals surface area contributed by atoms with Gasteiger partial charge in [0.15, 0.2) is 0 Å². The highest BCUT2D eigenvalue weighted by atomic mass is 16.4. The highest BCUT2D eigenvalue weighted by Crippen LogP contribution is 2.85. The van der Waals surface area contributed by atoms with Crippen LogP contribution in [0.1, 0.15) is 162 Å². The Labute approximate surface area is 359 Å². The predicted octanol–water partition coefficient (Wildman–Crippen LogP) is 7.31. The van der Waals surface area contributed by atoms with E-state index in [1.165, 1.54) is 0 Å². The molecule has 1 saturated carbocycles. The Morgan fingerprint density at radius 2 is 0.550 bits per heavy atom. The Kier molecular flexibility index (Phi) is 10.6. The molecular formula is C48H80N4O8. The molecule has 0 aromatic heterocycles. The van der Waals surface area contributed by atoms with Crippen molar-refractivity contribution >= 4 is 23.9 Å². The summed E-state index contributed by atoms with van der Waals surface area (Å²) in [5.41, 5.74) is -13.8. The molecule has 8 N–H and O–H groups in total. The monoisotopic (exact) mass is 841 g/mol. The van der Waals surface area contributed by atoms with E-state index in [2.05, 4.69) is 21.3 Å². The molecule has 3 aliphatic carbocycles. The number of allylic oxidation sites excluding steroid dienone is 2. The molecule has 60 heavy (non-hydrogen) atoms. The molecule has 7 aliphatic rings. The summed E-state index contributed by atoms with van der Waals surface area (Å²) in [7, 11) is 0. The van der Waals surface area contributed by atoms with Crippen LogP contribution in [0.25, 0.3) is 0 Å². The maximum absolute atomic E-state index is 16.1. The summed E-state index contributed by atoms with van der Waals surface area (Å²) in [4.78, 5) is 61.8. The van der Waals surface area contributed by atoms with E-state index >= 15 is 9.59 Å². The van der Waals surface area contributed by atoms with Crippen molar-refractivity contribution in [2.75, 3.05) is 0 Å². The Hall–Kier alpha value is -2.54. The fourth-order valence-electron chi connectivity index (χ4n) is 17.6. The van der Waals surface area contributed by atoms with Crippen LogP contribution in [-0.2, 0) is 19.2 Å². The van der Waals surface area contributed by atoms with Crippen LogP contribution < -0.4 is 21.3 Å². The molecule has 0 aromatic rings. The molecule has 4 heterocycles. The first-order valence-electron chi connectivity index (χ1n) is 22.6. The number of carbonyl (C=O) groups is 4. The lowest BCUT2D eigenvalue weighted by atomic mass is 9.20. The third-order valence-electron chi connectivity index (χ3n) is 16.5. The zero-order valence-corrected chi connectivity index (χ0v) is 39.7. The quantitative estimate of drug-likeness (QED) is 0.114. The second kappa shape index (κ2) is 13.5. The summed E-state index contributed by atoms with van der Waals surface area (Å²) in [6, 6.07) is 0. The predicted molar refractivity (Wildman–Crippen MR) is 232 cm³/mol. The van der Waals surface area contributed by atoms with E-state index in [0.717, 1.165) is 0 Å². The van der Waals surface area contributed by atoms with Gasteiger partial charge in [-0.15, -0.1) is 0 Å². The van der Waals surface area contributed by atoms with Gasteiger partial charge in [-0.05, 0) is 186 Å². The molecule has 5 fully saturated rings. The minimum absolute atomic E-state index is 0.256. The first-order chi connectivity index (χ1) is 26.8. The minimum atomic E-state index is -2.30. The molecule has 2 bridgehead atoms. The zero-order chi connectivity index (χ0) is 45.7. The first-order valence-corrected chi connectivity index (χ1v) is 22.6. The second-order valence-electron chi connectivity index (χ2n) is 26.0. The summed E-state index contributed by atoms with van der Waals surface area (Å²) < 4.78 is 0. The van der Waals surface area contributed by atoms with Crippen LogP contribution >= 0.6 is 0 Å². The molecular weight excluding hydrogens is 761 g/mol. The third-order valence-corrected chi connectivity index (χ3v) is 16.5. The largest absolute Gasteiger partial charge is 0.481 e. The number of nitrogens with one attached hydrogen (secondary N) is 4. The maximum atomic E-state index is 16.1. The van der Waals surface area contributed by atoms with E-state index in [1.54, 1.807) is 0 Å². The van der Waals surface area contributed by atoms with Gasteiger partial charge in [-0.2, -0.15) is 0 Å². The van der Waals surface area contributed by atoms with Crippen LogP contribution in [-0.4, -0.2) is 88.6 Å². The zero-order valence-electron chi connectivity index (χ0n) is 39.7. The average molecular weight is 841 g/mol. The smallest absolute Gasteiger partial charge is 0.312 e. The summed E-state index contributed by atoms with van der Waals surface area (Å²) in [5.74, 6) is -12.1. The van der Waals surface area contributed by atoms with Gasteiger partial charge in [0.25, 0.3) is 0 Å². The molecule has 0 spiro atoms. The van der Waals surface area contributed by atoms with Gasteiger partial charge >= 0.3 is 23.9 Å². The topological polar surface area (TPSA) is 197 Å². The van der Waals surface area contributed by atoms with Crippen molar-refractivity contribution in [3.8, 4) is 0 Å². The molecule has 4 saturated heterocycles. The Morgan fingerprint density at radius 3 is 0.717 bits per heavy atom. The van der Waals surface area contributed by atoms with Gasteiger partial charge in [0.05, 0.1) is 22.7 Å². The lowest BCUT2D eigenvalue weighted by Gasteiger charge is -2.80. The molecule has 6 unspecified atom stereocenters. The van der Waals surface area contributed by atoms with Crippen LogP contribution in [0.4, 0.5) is 0 Å². The van der Waals surface area contributed by atoms with Gasteiger partial charge in [0, 0.05) is 55.1 Å². The minimum Gasteiger partial charge on any atom is -0.481 e. The first kappa shape index (κ1) is 47.0. The van der Waals surface area contributed by atoms with Crippen LogP contribution in [0.15, 0.2) is 12.2 Å². The highest BCUT2D eigenvalue weighted by molar-refractivity contribution is 5.96. The molecule has 0 aromatic carbocycles. The maximum Gasteiger partial charge on any atom is 0.312 e. The normalized spacial score (nSPS) is 40.4. The van der Waals surface area contributed by atoms with Crippen LogP contribution in [0.3, 0.4) is 0 Å². The van der Waals surface area contributed by atoms with Crippen molar-refractivity contribution in [1.29, 1.82) is 0 Å². The fourth-order valence-corrected chi connectivity index (χ4v) is 17.6. The van der Waals surface area contributed by atoms with Gasteiger partial charge in [0.1, 0.15) is 0 Å². The summed E-state index contributed by atoms with van der Waals surface area (Å²) in [6.45, 7) is 32.4. The van der Waals surface area contributed by atoms with Gasteiger partial charge in [0.2, 0.25) is 0 Å². The van der Waals surface area contributed by atoms with Gasteiger partial charge in [-0.25, -0.2) is 0 Å². The molecule has 0 amide bonds. The summed E-state index contributed by atoms with van der Waals surface area (Å²) >= 11 is 0. The Morgan fingerprint density at radius 1 is 0.367 bits per heavy atom. The molecule has 4 aliphatic heterocycles. The Bertz CT molecular complexity index is 1650. The summed E-state index contributed by atoms with van der Waals surface area (Å²) in [5, 5.41) is 65.2. The van der Waals surface area contributed by atoms with Crippen molar-refractivity contribution in [3.05, 3.63) is 12.2 Å². The van der Waals surface area contributed by atoms with E-state index in [-0.39, 0.29) is 25.7 Å². The van der Waals surface area contributed by atoms with E-state index in [4.69, 9.17) is 0 Å². The van der Waals surface area contributed by atoms with E-state index in [0.29, 0.717) is 25.7 Å². The number of fused-ring (bicyclic) bond motifs is 2. The van der Waals surface area contributed by atoms with E-state index < -0.39 is 125 Å². The number of rotatable bonds is 8. The number of carboxylic acids is 4. The SMILES string of the molecule is CC1(C)CC(C23C=CC(C4CC(C)(C)NC(C)(C)C4)(C(C(=O)O)C2C(=O)O)C(C(=O)O)(C2CC(C)(C)NC(C)(C)C2)C3(C(=O)O)C2CC(C)(C)NC(C)(C)C2)CC(C)(C)N1. The van der Waals surface area contributed by atoms with Crippen LogP contribution in [0, 0.1) is 57.2 Å². The lowest BCUT2D eigenvalue weighted by molar-refractivity contribution is -0.316. The van der Waals surface area contributed by atoms with Crippen molar-refractivity contribution in [2.24, 2.45) is 57.2 Å².